The van der Waals surface area contributed by atoms with Crippen molar-refractivity contribution in [1.82, 2.24) is 10.2 Å². The third-order valence-electron chi connectivity index (χ3n) is 4.41. The summed E-state index contributed by atoms with van der Waals surface area (Å²) in [7, 11) is 0. The zero-order valence-electron chi connectivity index (χ0n) is 14.3. The number of azide groups is 1. The van der Waals surface area contributed by atoms with E-state index in [1.165, 1.54) is 36.0 Å². The summed E-state index contributed by atoms with van der Waals surface area (Å²) in [6.45, 7) is -0.148. The Hall–Kier alpha value is -3.21. The van der Waals surface area contributed by atoms with Gasteiger partial charge in [0.25, 0.3) is 5.91 Å². The quantitative estimate of drug-likeness (QED) is 0.229. The van der Waals surface area contributed by atoms with Crippen molar-refractivity contribution in [3.05, 3.63) is 51.5 Å². The fourth-order valence-corrected chi connectivity index (χ4v) is 4.33. The maximum Gasteiger partial charge on any atom is 0.352 e. The first kappa shape index (κ1) is 19.5. The van der Waals surface area contributed by atoms with Crippen LogP contribution in [-0.2, 0) is 14.4 Å². The number of β-lactam (4-membered cyclic amide) rings is 1. The average molecular weight is 404 g/mol. The number of thioether (sulfide) groups is 1. The topological polar surface area (TPSA) is 182 Å². The van der Waals surface area contributed by atoms with Crippen LogP contribution >= 0.6 is 11.8 Å². The van der Waals surface area contributed by atoms with E-state index in [0.29, 0.717) is 11.1 Å². The highest BCUT2D eigenvalue weighted by atomic mass is 32.2. The monoisotopic (exact) mass is 404 g/mol. The standard InChI is InChI=1S/C16H16N6O5S/c17-10(7-1-3-9(23)4-2-7)13(24)20-11-14(25)22-12(16(26)27)8(5-19-21-18)6-28-15(11)22/h1-4,10-11,15,23H,5-6,17H2,(H,20,24)(H,26,27)/t10?,11?,15-/m1/s1. The second-order valence-corrected chi connectivity index (χ2v) is 7.22. The van der Waals surface area contributed by atoms with Gasteiger partial charge in [-0.25, -0.2) is 4.79 Å². The van der Waals surface area contributed by atoms with E-state index in [4.69, 9.17) is 11.3 Å². The molecule has 146 valence electrons. The number of carbonyl (C=O) groups is 3. The third-order valence-corrected chi connectivity index (χ3v) is 5.75. The second kappa shape index (κ2) is 7.80. The van der Waals surface area contributed by atoms with E-state index < -0.39 is 35.2 Å². The summed E-state index contributed by atoms with van der Waals surface area (Å²) in [6, 6.07) is 3.83. The molecule has 2 amide bonds. The number of carboxylic acid groups (broad SMARTS) is 1. The minimum Gasteiger partial charge on any atom is -0.508 e. The number of fused-ring (bicyclic) bond motifs is 1. The number of benzene rings is 1. The van der Waals surface area contributed by atoms with Gasteiger partial charge in [-0.15, -0.1) is 11.8 Å². The molecule has 3 atom stereocenters. The molecule has 0 bridgehead atoms. The number of carbonyl (C=O) groups excluding carboxylic acids is 2. The molecule has 0 spiro atoms. The highest BCUT2D eigenvalue weighted by Gasteiger charge is 2.54. The van der Waals surface area contributed by atoms with Crippen LogP contribution in [0.2, 0.25) is 0 Å². The number of phenolic OH excluding ortho intramolecular Hbond substituents is 1. The van der Waals surface area contributed by atoms with Gasteiger partial charge in [-0.2, -0.15) is 0 Å². The maximum absolute atomic E-state index is 12.5. The molecule has 5 N–H and O–H groups in total. The van der Waals surface area contributed by atoms with Crippen LogP contribution in [0.25, 0.3) is 10.4 Å². The van der Waals surface area contributed by atoms with Crippen molar-refractivity contribution in [3.63, 3.8) is 0 Å². The van der Waals surface area contributed by atoms with E-state index in [0.717, 1.165) is 4.90 Å². The molecule has 0 radical (unpaired) electrons. The number of hydrogen-bond donors (Lipinski definition) is 4. The number of aromatic hydroxyl groups is 1. The van der Waals surface area contributed by atoms with Gasteiger partial charge in [0, 0.05) is 10.7 Å². The molecule has 3 rings (SSSR count). The molecule has 2 heterocycles. The Morgan fingerprint density at radius 2 is 2.11 bits per heavy atom. The predicted molar refractivity (Wildman–Crippen MR) is 98.7 cm³/mol. The highest BCUT2D eigenvalue weighted by molar-refractivity contribution is 8.00. The van der Waals surface area contributed by atoms with Crippen LogP contribution in [0.3, 0.4) is 0 Å². The first-order chi connectivity index (χ1) is 13.3. The van der Waals surface area contributed by atoms with Gasteiger partial charge < -0.3 is 21.3 Å². The van der Waals surface area contributed by atoms with Crippen LogP contribution in [-0.4, -0.2) is 56.6 Å². The summed E-state index contributed by atoms with van der Waals surface area (Å²) in [6.07, 6.45) is 0. The molecule has 12 heteroatoms. The molecular formula is C16H16N6O5S. The lowest BCUT2D eigenvalue weighted by Gasteiger charge is -2.49. The van der Waals surface area contributed by atoms with Gasteiger partial charge in [-0.1, -0.05) is 17.2 Å². The lowest BCUT2D eigenvalue weighted by atomic mass is 10.0. The largest absolute Gasteiger partial charge is 0.508 e. The molecular weight excluding hydrogens is 388 g/mol. The fourth-order valence-electron chi connectivity index (χ4n) is 3.00. The summed E-state index contributed by atoms with van der Waals surface area (Å²) < 4.78 is 0. The lowest BCUT2D eigenvalue weighted by molar-refractivity contribution is -0.150. The van der Waals surface area contributed by atoms with E-state index >= 15 is 0 Å². The first-order valence-corrected chi connectivity index (χ1v) is 9.15. The molecule has 2 unspecified atom stereocenters. The minimum atomic E-state index is -1.30. The highest BCUT2D eigenvalue weighted by Crippen LogP contribution is 2.40. The Balaban J connectivity index is 1.73. The Labute approximate surface area is 162 Å². The van der Waals surface area contributed by atoms with E-state index in [9.17, 15) is 24.6 Å². The number of nitrogens with zero attached hydrogens (tertiary/aromatic N) is 4. The van der Waals surface area contributed by atoms with Crippen molar-refractivity contribution in [2.45, 2.75) is 17.5 Å². The Bertz CT molecular complexity index is 911. The van der Waals surface area contributed by atoms with Gasteiger partial charge in [-0.05, 0) is 28.8 Å². The summed E-state index contributed by atoms with van der Waals surface area (Å²) in [4.78, 5) is 40.2. The minimum absolute atomic E-state index is 0.0318. The van der Waals surface area contributed by atoms with Gasteiger partial charge in [0.2, 0.25) is 5.91 Å². The molecule has 1 aromatic rings. The molecule has 0 aromatic heterocycles. The molecule has 11 nitrogen and oxygen atoms in total. The van der Waals surface area contributed by atoms with E-state index in [-0.39, 0.29) is 23.7 Å². The van der Waals surface area contributed by atoms with Crippen LogP contribution in [0.4, 0.5) is 0 Å². The Morgan fingerprint density at radius 1 is 1.43 bits per heavy atom. The summed E-state index contributed by atoms with van der Waals surface area (Å²) in [5.41, 5.74) is 14.9. The number of aliphatic carboxylic acids is 1. The number of carboxylic acids is 1. The molecule has 1 fully saturated rings. The van der Waals surface area contributed by atoms with E-state index in [1.54, 1.807) is 0 Å². The lowest BCUT2D eigenvalue weighted by Crippen LogP contribution is -2.71. The molecule has 28 heavy (non-hydrogen) atoms. The molecule has 2 aliphatic heterocycles. The van der Waals surface area contributed by atoms with Gasteiger partial charge in [0.05, 0.1) is 6.54 Å². The normalized spacial score (nSPS) is 21.9. The Morgan fingerprint density at radius 3 is 2.71 bits per heavy atom. The van der Waals surface area contributed by atoms with E-state index in [2.05, 4.69) is 15.3 Å². The summed E-state index contributed by atoms with van der Waals surface area (Å²) >= 11 is 1.27. The SMILES string of the molecule is [N-]=[N+]=NCC1=C(C(=O)O)N2C(=O)C(NC(=O)C(N)c3ccc(O)cc3)[C@H]2SC1. The van der Waals surface area contributed by atoms with Crippen LogP contribution in [0.1, 0.15) is 11.6 Å². The molecule has 2 aliphatic rings. The van der Waals surface area contributed by atoms with E-state index in [1.807, 2.05) is 0 Å². The van der Waals surface area contributed by atoms with Crippen LogP contribution in [0.15, 0.2) is 40.6 Å². The van der Waals surface area contributed by atoms with Crippen molar-refractivity contribution in [3.8, 4) is 5.75 Å². The second-order valence-electron chi connectivity index (χ2n) is 6.11. The summed E-state index contributed by atoms with van der Waals surface area (Å²) in [5.74, 6) is -2.17. The zero-order chi connectivity index (χ0) is 20.4. The predicted octanol–water partition coefficient (Wildman–Crippen LogP) is 0.441. The van der Waals surface area contributed by atoms with Crippen molar-refractivity contribution < 1.29 is 24.6 Å². The number of nitrogens with one attached hydrogen (secondary N) is 1. The van der Waals surface area contributed by atoms with Gasteiger partial charge in [0.1, 0.15) is 28.9 Å². The van der Waals surface area contributed by atoms with Gasteiger partial charge in [0.15, 0.2) is 0 Å². The van der Waals surface area contributed by atoms with Gasteiger partial charge >= 0.3 is 5.97 Å². The number of phenols is 1. The van der Waals surface area contributed by atoms with Crippen molar-refractivity contribution in [2.75, 3.05) is 12.3 Å². The molecule has 1 aromatic carbocycles. The Kier molecular flexibility index (Phi) is 5.45. The number of rotatable bonds is 6. The number of nitrogens with two attached hydrogens (primary N) is 1. The van der Waals surface area contributed by atoms with Crippen molar-refractivity contribution in [2.24, 2.45) is 10.8 Å². The third kappa shape index (κ3) is 3.48. The van der Waals surface area contributed by atoms with Crippen molar-refractivity contribution >= 4 is 29.5 Å². The molecule has 0 saturated carbocycles. The number of amides is 2. The van der Waals surface area contributed by atoms with Crippen LogP contribution < -0.4 is 11.1 Å². The molecule has 0 aliphatic carbocycles. The smallest absolute Gasteiger partial charge is 0.352 e. The summed E-state index contributed by atoms with van der Waals surface area (Å²) in [5, 5.41) is 24.1. The van der Waals surface area contributed by atoms with Crippen molar-refractivity contribution in [1.29, 1.82) is 0 Å². The molecule has 1 saturated heterocycles. The first-order valence-electron chi connectivity index (χ1n) is 8.11. The zero-order valence-corrected chi connectivity index (χ0v) is 15.2. The average Bonchev–Trinajstić information content (AvgIpc) is 2.69. The van der Waals surface area contributed by atoms with Crippen LogP contribution in [0.5, 0.6) is 5.75 Å². The fraction of sp³-hybridized carbons (Fsp3) is 0.312. The van der Waals surface area contributed by atoms with Gasteiger partial charge in [-0.3, -0.25) is 14.5 Å². The maximum atomic E-state index is 12.5. The number of hydrogen-bond acceptors (Lipinski definition) is 7. The van der Waals surface area contributed by atoms with Crippen LogP contribution in [0, 0.1) is 0 Å².